The lowest BCUT2D eigenvalue weighted by molar-refractivity contribution is 0.0959. The quantitative estimate of drug-likeness (QED) is 0.763. The molecule has 1 fully saturated rings. The lowest BCUT2D eigenvalue weighted by atomic mass is 9.80. The monoisotopic (exact) mass is 326 g/mol. The van der Waals surface area contributed by atoms with Crippen LogP contribution in [0, 0.1) is 11.8 Å². The summed E-state index contributed by atoms with van der Waals surface area (Å²) in [6, 6.07) is 1.87. The highest BCUT2D eigenvalue weighted by atomic mass is 79.9. The van der Waals surface area contributed by atoms with Crippen molar-refractivity contribution in [3.05, 3.63) is 16.5 Å². The second-order valence-corrected chi connectivity index (χ2v) is 6.86. The van der Waals surface area contributed by atoms with Gasteiger partial charge in [0.1, 0.15) is 16.5 Å². The molecule has 0 spiro atoms. The zero-order chi connectivity index (χ0) is 14.0. The second-order valence-electron chi connectivity index (χ2n) is 6.05. The fraction of sp³-hybridized carbons (Fsp3) is 0.733. The zero-order valence-electron chi connectivity index (χ0n) is 12.2. The van der Waals surface area contributed by atoms with Crippen molar-refractivity contribution >= 4 is 15.9 Å². The summed E-state index contributed by atoms with van der Waals surface area (Å²) in [5.74, 6) is 3.39. The number of halogens is 1. The van der Waals surface area contributed by atoms with Crippen LogP contribution in [0.25, 0.3) is 0 Å². The van der Waals surface area contributed by atoms with E-state index in [9.17, 15) is 0 Å². The molecule has 0 radical (unpaired) electrons. The molecule has 0 saturated heterocycles. The minimum Gasteiger partial charge on any atom is -0.474 e. The lowest BCUT2D eigenvalue weighted by Gasteiger charge is -2.32. The molecule has 0 aliphatic heterocycles. The van der Waals surface area contributed by atoms with E-state index in [1.54, 1.807) is 0 Å². The minimum absolute atomic E-state index is 0.299. The molecule has 0 N–H and O–H groups in total. The predicted octanol–water partition coefficient (Wildman–Crippen LogP) is 4.57. The van der Waals surface area contributed by atoms with Gasteiger partial charge in [0, 0.05) is 12.0 Å². The van der Waals surface area contributed by atoms with E-state index in [0.717, 1.165) is 35.1 Å². The van der Waals surface area contributed by atoms with Crippen molar-refractivity contribution in [2.24, 2.45) is 11.8 Å². The van der Waals surface area contributed by atoms with Crippen LogP contribution in [0.1, 0.15) is 58.7 Å². The molecule has 3 atom stereocenters. The summed E-state index contributed by atoms with van der Waals surface area (Å²) in [7, 11) is 0. The molecule has 2 rings (SSSR count). The van der Waals surface area contributed by atoms with E-state index >= 15 is 0 Å². The molecule has 1 heterocycles. The molecule has 0 aromatic carbocycles. The first kappa shape index (κ1) is 14.8. The van der Waals surface area contributed by atoms with E-state index in [-0.39, 0.29) is 0 Å². The molecule has 1 aliphatic carbocycles. The Morgan fingerprint density at radius 1 is 1.21 bits per heavy atom. The summed E-state index contributed by atoms with van der Waals surface area (Å²) in [6.45, 7) is 8.83. The molecule has 0 bridgehead atoms. The van der Waals surface area contributed by atoms with Crippen molar-refractivity contribution in [2.75, 3.05) is 0 Å². The van der Waals surface area contributed by atoms with Crippen LogP contribution < -0.4 is 4.74 Å². The van der Waals surface area contributed by atoms with Gasteiger partial charge in [-0.2, -0.15) is 4.98 Å². The van der Waals surface area contributed by atoms with Gasteiger partial charge in [-0.3, -0.25) is 0 Å². The van der Waals surface area contributed by atoms with Gasteiger partial charge < -0.3 is 4.74 Å². The Balaban J connectivity index is 2.07. The molecule has 1 aromatic rings. The second kappa shape index (κ2) is 6.21. The molecular weight excluding hydrogens is 304 g/mol. The average molecular weight is 327 g/mol. The molecular formula is C15H23BrN2O. The molecule has 3 unspecified atom stereocenters. The maximum Gasteiger partial charge on any atom is 0.218 e. The van der Waals surface area contributed by atoms with Crippen molar-refractivity contribution in [3.8, 4) is 5.88 Å². The van der Waals surface area contributed by atoms with Crippen LogP contribution in [0.3, 0.4) is 0 Å². The number of hydrogen-bond donors (Lipinski definition) is 0. The third-order valence-electron chi connectivity index (χ3n) is 4.04. The van der Waals surface area contributed by atoms with Crippen LogP contribution in [-0.2, 0) is 0 Å². The van der Waals surface area contributed by atoms with Crippen LogP contribution in [-0.4, -0.2) is 16.1 Å². The standard InChI is InChI=1S/C15H23BrN2O/c1-9(2)15-17-13(16)8-14(18-15)19-12-6-5-10(3)11(4)7-12/h8-12H,5-7H2,1-4H3. The van der Waals surface area contributed by atoms with Crippen molar-refractivity contribution in [2.45, 2.75) is 59.0 Å². The van der Waals surface area contributed by atoms with Crippen LogP contribution >= 0.6 is 15.9 Å². The Morgan fingerprint density at radius 2 is 1.95 bits per heavy atom. The summed E-state index contributed by atoms with van der Waals surface area (Å²) < 4.78 is 6.87. The van der Waals surface area contributed by atoms with Gasteiger partial charge >= 0.3 is 0 Å². The first-order valence-corrected chi connectivity index (χ1v) is 7.96. The van der Waals surface area contributed by atoms with Crippen LogP contribution in [0.15, 0.2) is 10.7 Å². The highest BCUT2D eigenvalue weighted by Crippen LogP contribution is 2.32. The molecule has 4 heteroatoms. The predicted molar refractivity (Wildman–Crippen MR) is 80.4 cm³/mol. The highest BCUT2D eigenvalue weighted by molar-refractivity contribution is 9.10. The summed E-state index contributed by atoms with van der Waals surface area (Å²) in [6.07, 6.45) is 3.80. The molecule has 106 valence electrons. The SMILES string of the molecule is CC(C)c1nc(Br)cc(OC2CCC(C)C(C)C2)n1. The van der Waals surface area contributed by atoms with Crippen molar-refractivity contribution in [3.63, 3.8) is 0 Å². The van der Waals surface area contributed by atoms with Gasteiger partial charge in [0.2, 0.25) is 5.88 Å². The smallest absolute Gasteiger partial charge is 0.218 e. The number of rotatable bonds is 3. The molecule has 1 aromatic heterocycles. The van der Waals surface area contributed by atoms with E-state index in [0.29, 0.717) is 17.9 Å². The van der Waals surface area contributed by atoms with E-state index in [4.69, 9.17) is 4.74 Å². The maximum atomic E-state index is 6.06. The Kier molecular flexibility index (Phi) is 4.82. The van der Waals surface area contributed by atoms with Gasteiger partial charge in [-0.1, -0.05) is 27.7 Å². The summed E-state index contributed by atoms with van der Waals surface area (Å²) in [4.78, 5) is 8.89. The topological polar surface area (TPSA) is 35.0 Å². The zero-order valence-corrected chi connectivity index (χ0v) is 13.8. The van der Waals surface area contributed by atoms with E-state index < -0.39 is 0 Å². The fourth-order valence-corrected chi connectivity index (χ4v) is 2.89. The van der Waals surface area contributed by atoms with Crippen molar-refractivity contribution in [1.29, 1.82) is 0 Å². The number of aromatic nitrogens is 2. The largest absolute Gasteiger partial charge is 0.474 e. The first-order valence-electron chi connectivity index (χ1n) is 7.16. The summed E-state index contributed by atoms with van der Waals surface area (Å²) >= 11 is 3.44. The summed E-state index contributed by atoms with van der Waals surface area (Å²) in [5.41, 5.74) is 0. The highest BCUT2D eigenvalue weighted by Gasteiger charge is 2.26. The lowest BCUT2D eigenvalue weighted by Crippen LogP contribution is -2.29. The number of hydrogen-bond acceptors (Lipinski definition) is 3. The minimum atomic E-state index is 0.299. The van der Waals surface area contributed by atoms with Crippen LogP contribution in [0.2, 0.25) is 0 Å². The normalized spacial score (nSPS) is 27.6. The molecule has 1 aliphatic rings. The maximum absolute atomic E-state index is 6.06. The number of nitrogens with zero attached hydrogens (tertiary/aromatic N) is 2. The van der Waals surface area contributed by atoms with Gasteiger partial charge in [-0.25, -0.2) is 4.98 Å². The third-order valence-corrected chi connectivity index (χ3v) is 4.45. The van der Waals surface area contributed by atoms with Gasteiger partial charge in [0.25, 0.3) is 0 Å². The number of ether oxygens (including phenoxy) is 1. The Hall–Kier alpha value is -0.640. The van der Waals surface area contributed by atoms with Gasteiger partial charge in [-0.05, 0) is 47.0 Å². The Labute approximate surface area is 124 Å². The van der Waals surface area contributed by atoms with Crippen LogP contribution in [0.5, 0.6) is 5.88 Å². The third kappa shape index (κ3) is 3.91. The van der Waals surface area contributed by atoms with Crippen LogP contribution in [0.4, 0.5) is 0 Å². The van der Waals surface area contributed by atoms with E-state index in [2.05, 4.69) is 53.6 Å². The van der Waals surface area contributed by atoms with Gasteiger partial charge in [0.15, 0.2) is 0 Å². The Bertz CT molecular complexity index is 436. The molecule has 0 amide bonds. The first-order chi connectivity index (χ1) is 8.95. The van der Waals surface area contributed by atoms with E-state index in [1.165, 1.54) is 6.42 Å². The summed E-state index contributed by atoms with van der Waals surface area (Å²) in [5, 5.41) is 0. The van der Waals surface area contributed by atoms with Gasteiger partial charge in [-0.15, -0.1) is 0 Å². The average Bonchev–Trinajstić information content (AvgIpc) is 2.33. The van der Waals surface area contributed by atoms with E-state index in [1.807, 2.05) is 6.07 Å². The molecule has 19 heavy (non-hydrogen) atoms. The Morgan fingerprint density at radius 3 is 2.58 bits per heavy atom. The van der Waals surface area contributed by atoms with Gasteiger partial charge in [0.05, 0.1) is 0 Å². The van der Waals surface area contributed by atoms with Crippen molar-refractivity contribution in [1.82, 2.24) is 9.97 Å². The van der Waals surface area contributed by atoms with Crippen molar-refractivity contribution < 1.29 is 4.74 Å². The molecule has 3 nitrogen and oxygen atoms in total. The fourth-order valence-electron chi connectivity index (χ4n) is 2.51. The molecule has 1 saturated carbocycles.